The van der Waals surface area contributed by atoms with Gasteiger partial charge in [0.25, 0.3) is 0 Å². The van der Waals surface area contributed by atoms with Gasteiger partial charge in [0.15, 0.2) is 0 Å². The third-order valence-electron chi connectivity index (χ3n) is 3.11. The quantitative estimate of drug-likeness (QED) is 0.625. The molecule has 2 aliphatic carbocycles. The third-order valence-corrected chi connectivity index (χ3v) is 4.20. The second-order valence-electron chi connectivity index (χ2n) is 3.68. The second-order valence-corrected chi connectivity index (χ2v) is 4.63. The molecule has 3 rings (SSSR count). The first-order valence-corrected chi connectivity index (χ1v) is 5.07. The lowest BCUT2D eigenvalue weighted by molar-refractivity contribution is 0.600. The SMILES string of the molecule is NC1CC2CC1c1ccsc12. The van der Waals surface area contributed by atoms with Crippen molar-refractivity contribution in [1.82, 2.24) is 0 Å². The molecule has 1 aromatic heterocycles. The Morgan fingerprint density at radius 3 is 3.27 bits per heavy atom. The first kappa shape index (κ1) is 6.21. The van der Waals surface area contributed by atoms with Crippen molar-refractivity contribution in [2.75, 3.05) is 0 Å². The number of fused-ring (bicyclic) bond motifs is 5. The standard InChI is InChI=1S/C9H11NS/c10-8-4-5-3-7(8)6-1-2-11-9(5)6/h1-2,5,7-8H,3-4,10H2. The monoisotopic (exact) mass is 165 g/mol. The molecule has 1 heterocycles. The van der Waals surface area contributed by atoms with Gasteiger partial charge in [-0.3, -0.25) is 0 Å². The molecule has 0 aliphatic heterocycles. The van der Waals surface area contributed by atoms with Crippen molar-refractivity contribution in [3.63, 3.8) is 0 Å². The summed E-state index contributed by atoms with van der Waals surface area (Å²) in [7, 11) is 0. The summed E-state index contributed by atoms with van der Waals surface area (Å²) in [6.45, 7) is 0. The molecule has 11 heavy (non-hydrogen) atoms. The molecule has 2 N–H and O–H groups in total. The maximum absolute atomic E-state index is 6.00. The summed E-state index contributed by atoms with van der Waals surface area (Å²) in [5.74, 6) is 1.53. The summed E-state index contributed by atoms with van der Waals surface area (Å²) in [5.41, 5.74) is 7.57. The first-order chi connectivity index (χ1) is 5.36. The van der Waals surface area contributed by atoms with E-state index < -0.39 is 0 Å². The van der Waals surface area contributed by atoms with Crippen LogP contribution in [-0.4, -0.2) is 6.04 Å². The number of rotatable bonds is 0. The summed E-state index contributed by atoms with van der Waals surface area (Å²) in [5, 5.41) is 2.21. The van der Waals surface area contributed by atoms with E-state index in [0.29, 0.717) is 12.0 Å². The van der Waals surface area contributed by atoms with Gasteiger partial charge in [-0.25, -0.2) is 0 Å². The molecule has 58 valence electrons. The molecule has 0 amide bonds. The van der Waals surface area contributed by atoms with E-state index in [-0.39, 0.29) is 0 Å². The highest BCUT2D eigenvalue weighted by Crippen LogP contribution is 2.54. The Hall–Kier alpha value is -0.340. The Morgan fingerprint density at radius 1 is 1.45 bits per heavy atom. The predicted octanol–water partition coefficient (Wildman–Crippen LogP) is 2.05. The largest absolute Gasteiger partial charge is 0.327 e. The fourth-order valence-corrected chi connectivity index (χ4v) is 3.71. The van der Waals surface area contributed by atoms with Gasteiger partial charge in [-0.1, -0.05) is 0 Å². The Bertz CT molecular complexity index is 292. The normalized spacial score (nSPS) is 39.5. The predicted molar refractivity (Wildman–Crippen MR) is 47.0 cm³/mol. The van der Waals surface area contributed by atoms with E-state index in [0.717, 1.165) is 5.92 Å². The highest BCUT2D eigenvalue weighted by Gasteiger charge is 2.42. The fourth-order valence-electron chi connectivity index (χ4n) is 2.61. The molecule has 2 heteroatoms. The number of nitrogens with two attached hydrogens (primary N) is 1. The van der Waals surface area contributed by atoms with Crippen molar-refractivity contribution in [2.45, 2.75) is 30.7 Å². The van der Waals surface area contributed by atoms with Crippen molar-refractivity contribution in [3.8, 4) is 0 Å². The zero-order valence-electron chi connectivity index (χ0n) is 6.29. The Labute approximate surface area is 70.2 Å². The molecule has 1 saturated carbocycles. The molecule has 0 saturated heterocycles. The van der Waals surface area contributed by atoms with Gasteiger partial charge in [0, 0.05) is 16.8 Å². The summed E-state index contributed by atoms with van der Waals surface area (Å²) in [4.78, 5) is 1.64. The smallest absolute Gasteiger partial charge is 0.0115 e. The number of thiophene rings is 1. The van der Waals surface area contributed by atoms with Crippen LogP contribution in [0.15, 0.2) is 11.4 Å². The highest BCUT2D eigenvalue weighted by atomic mass is 32.1. The zero-order chi connectivity index (χ0) is 7.42. The Kier molecular flexibility index (Phi) is 1.06. The van der Waals surface area contributed by atoms with Gasteiger partial charge in [0.05, 0.1) is 0 Å². The van der Waals surface area contributed by atoms with Crippen LogP contribution in [-0.2, 0) is 0 Å². The van der Waals surface area contributed by atoms with Crippen molar-refractivity contribution in [1.29, 1.82) is 0 Å². The molecule has 0 aromatic carbocycles. The van der Waals surface area contributed by atoms with Gasteiger partial charge in [-0.2, -0.15) is 0 Å². The van der Waals surface area contributed by atoms with Crippen molar-refractivity contribution < 1.29 is 0 Å². The highest BCUT2D eigenvalue weighted by molar-refractivity contribution is 7.10. The maximum atomic E-state index is 6.00. The van der Waals surface area contributed by atoms with Crippen LogP contribution in [0.2, 0.25) is 0 Å². The molecule has 0 spiro atoms. The van der Waals surface area contributed by atoms with Gasteiger partial charge in [0.1, 0.15) is 0 Å². The van der Waals surface area contributed by atoms with Crippen LogP contribution in [0, 0.1) is 0 Å². The molecule has 1 nitrogen and oxygen atoms in total. The lowest BCUT2D eigenvalue weighted by atomic mass is 9.95. The van der Waals surface area contributed by atoms with Crippen LogP contribution in [0.4, 0.5) is 0 Å². The topological polar surface area (TPSA) is 26.0 Å². The van der Waals surface area contributed by atoms with Crippen LogP contribution < -0.4 is 5.73 Å². The molecular formula is C9H11NS. The van der Waals surface area contributed by atoms with E-state index in [2.05, 4.69) is 11.4 Å². The van der Waals surface area contributed by atoms with E-state index in [1.807, 2.05) is 11.3 Å². The van der Waals surface area contributed by atoms with E-state index >= 15 is 0 Å². The van der Waals surface area contributed by atoms with Gasteiger partial charge >= 0.3 is 0 Å². The lowest BCUT2D eigenvalue weighted by Crippen LogP contribution is -2.24. The van der Waals surface area contributed by atoms with Crippen LogP contribution in [0.1, 0.15) is 35.1 Å². The summed E-state index contributed by atoms with van der Waals surface area (Å²) in [6, 6.07) is 2.73. The fraction of sp³-hybridized carbons (Fsp3) is 0.556. The lowest BCUT2D eigenvalue weighted by Gasteiger charge is -2.16. The van der Waals surface area contributed by atoms with Crippen LogP contribution in [0.5, 0.6) is 0 Å². The Morgan fingerprint density at radius 2 is 2.36 bits per heavy atom. The van der Waals surface area contributed by atoms with Gasteiger partial charge in [-0.15, -0.1) is 11.3 Å². The Balaban J connectivity index is 2.17. The van der Waals surface area contributed by atoms with Crippen molar-refractivity contribution >= 4 is 11.3 Å². The molecule has 2 aliphatic rings. The third kappa shape index (κ3) is 0.644. The van der Waals surface area contributed by atoms with Gasteiger partial charge in [-0.05, 0) is 35.8 Å². The number of hydrogen-bond donors (Lipinski definition) is 1. The summed E-state index contributed by atoms with van der Waals surface area (Å²) < 4.78 is 0. The average molecular weight is 165 g/mol. The van der Waals surface area contributed by atoms with Crippen LogP contribution >= 0.6 is 11.3 Å². The minimum absolute atomic E-state index is 0.460. The molecule has 0 radical (unpaired) electrons. The van der Waals surface area contributed by atoms with Crippen molar-refractivity contribution in [3.05, 3.63) is 21.9 Å². The first-order valence-electron chi connectivity index (χ1n) is 4.19. The van der Waals surface area contributed by atoms with E-state index in [9.17, 15) is 0 Å². The average Bonchev–Trinajstić information content (AvgIpc) is 2.52. The zero-order valence-corrected chi connectivity index (χ0v) is 7.10. The molecule has 3 unspecified atom stereocenters. The molecule has 1 aromatic rings. The molecule has 1 fully saturated rings. The molecular weight excluding hydrogens is 154 g/mol. The van der Waals surface area contributed by atoms with Crippen LogP contribution in [0.25, 0.3) is 0 Å². The van der Waals surface area contributed by atoms with Gasteiger partial charge < -0.3 is 5.73 Å². The van der Waals surface area contributed by atoms with E-state index in [1.165, 1.54) is 12.8 Å². The maximum Gasteiger partial charge on any atom is 0.0115 e. The van der Waals surface area contributed by atoms with E-state index in [4.69, 9.17) is 5.73 Å². The minimum Gasteiger partial charge on any atom is -0.327 e. The minimum atomic E-state index is 0.460. The van der Waals surface area contributed by atoms with E-state index in [1.54, 1.807) is 10.4 Å². The molecule has 2 bridgehead atoms. The van der Waals surface area contributed by atoms with Gasteiger partial charge in [0.2, 0.25) is 0 Å². The van der Waals surface area contributed by atoms with Crippen LogP contribution in [0.3, 0.4) is 0 Å². The second kappa shape index (κ2) is 1.87. The molecule has 3 atom stereocenters. The summed E-state index contributed by atoms with van der Waals surface area (Å²) >= 11 is 1.92. The summed E-state index contributed by atoms with van der Waals surface area (Å²) in [6.07, 6.45) is 2.57. The number of hydrogen-bond acceptors (Lipinski definition) is 2. The van der Waals surface area contributed by atoms with Crippen molar-refractivity contribution in [2.24, 2.45) is 5.73 Å².